The van der Waals surface area contributed by atoms with Crippen molar-refractivity contribution in [1.29, 1.82) is 5.26 Å². The topological polar surface area (TPSA) is 99.9 Å². The summed E-state index contributed by atoms with van der Waals surface area (Å²) in [6, 6.07) is 8.40. The number of aromatic nitrogens is 2. The summed E-state index contributed by atoms with van der Waals surface area (Å²) >= 11 is 6.14. The normalized spacial score (nSPS) is 12.4. The van der Waals surface area contributed by atoms with Gasteiger partial charge < -0.3 is 10.1 Å². The van der Waals surface area contributed by atoms with E-state index in [1.807, 2.05) is 0 Å². The number of hydrogen-bond acceptors (Lipinski definition) is 6. The Bertz CT molecular complexity index is 1300. The second kappa shape index (κ2) is 9.16. The molecule has 3 rings (SSSR count). The summed E-state index contributed by atoms with van der Waals surface area (Å²) in [4.78, 5) is 8.09. The first-order valence-corrected chi connectivity index (χ1v) is 11.1. The molecule has 0 aliphatic heterocycles. The van der Waals surface area contributed by atoms with Crippen LogP contribution in [0, 0.1) is 23.1 Å². The van der Waals surface area contributed by atoms with Crippen molar-refractivity contribution in [1.82, 2.24) is 14.7 Å². The zero-order chi connectivity index (χ0) is 22.6. The van der Waals surface area contributed by atoms with Crippen LogP contribution in [0.25, 0.3) is 11.3 Å². The Morgan fingerprint density at radius 1 is 1.26 bits per heavy atom. The molecule has 3 aromatic rings. The Kier molecular flexibility index (Phi) is 6.58. The molecule has 0 fully saturated rings. The quantitative estimate of drug-likeness (QED) is 0.327. The smallest absolute Gasteiger partial charge is 0.227 e. The lowest BCUT2D eigenvalue weighted by atomic mass is 10.1. The number of methoxy groups -OCH3 is 1. The highest BCUT2D eigenvalue weighted by Gasteiger charge is 2.15. The van der Waals surface area contributed by atoms with Gasteiger partial charge in [-0.05, 0) is 35.9 Å². The van der Waals surface area contributed by atoms with Crippen LogP contribution in [0.1, 0.15) is 5.56 Å². The minimum absolute atomic E-state index is 0.0448. The lowest BCUT2D eigenvalue weighted by molar-refractivity contribution is 0.412. The van der Waals surface area contributed by atoms with Crippen LogP contribution in [0.5, 0.6) is 5.75 Å². The van der Waals surface area contributed by atoms with Crippen molar-refractivity contribution >= 4 is 38.3 Å². The molecule has 0 aliphatic rings. The molecule has 0 bridgehead atoms. The summed E-state index contributed by atoms with van der Waals surface area (Å²) in [6.45, 7) is 0. The summed E-state index contributed by atoms with van der Waals surface area (Å²) in [5, 5.41) is 13.3. The Hall–Kier alpha value is -3.42. The number of nitrogens with zero attached hydrogens (tertiary/aromatic N) is 3. The van der Waals surface area contributed by atoms with E-state index in [1.165, 1.54) is 30.9 Å². The largest absolute Gasteiger partial charge is 0.496 e. The molecule has 1 atom stereocenters. The number of hydrogen-bond donors (Lipinski definition) is 2. The third kappa shape index (κ3) is 5.59. The van der Waals surface area contributed by atoms with Gasteiger partial charge in [-0.25, -0.2) is 27.7 Å². The maximum atomic E-state index is 14.4. The lowest BCUT2D eigenvalue weighted by Gasteiger charge is -2.11. The number of halogens is 3. The van der Waals surface area contributed by atoms with E-state index in [0.29, 0.717) is 16.3 Å². The minimum Gasteiger partial charge on any atom is -0.496 e. The van der Waals surface area contributed by atoms with Gasteiger partial charge in [0.2, 0.25) is 5.95 Å². The highest BCUT2D eigenvalue weighted by Crippen LogP contribution is 2.32. The van der Waals surface area contributed by atoms with E-state index in [4.69, 9.17) is 21.6 Å². The second-order valence-corrected chi connectivity index (χ2v) is 9.05. The van der Waals surface area contributed by atoms with E-state index >= 15 is 0 Å². The number of benzene rings is 2. The van der Waals surface area contributed by atoms with Crippen LogP contribution in [-0.4, -0.2) is 32.9 Å². The zero-order valence-electron chi connectivity index (χ0n) is 16.3. The van der Waals surface area contributed by atoms with Crippen molar-refractivity contribution in [2.24, 2.45) is 0 Å². The molecule has 2 aromatic carbocycles. The highest BCUT2D eigenvalue weighted by atomic mass is 35.5. The van der Waals surface area contributed by atoms with Gasteiger partial charge in [0.25, 0.3) is 0 Å². The van der Waals surface area contributed by atoms with Crippen LogP contribution < -0.4 is 14.8 Å². The monoisotopic (exact) mass is 463 g/mol. The van der Waals surface area contributed by atoms with Crippen molar-refractivity contribution in [3.05, 3.63) is 64.8 Å². The molecule has 11 heteroatoms. The van der Waals surface area contributed by atoms with E-state index in [2.05, 4.69) is 20.0 Å². The predicted molar refractivity (Wildman–Crippen MR) is 117 cm³/mol. The van der Waals surface area contributed by atoms with Gasteiger partial charge in [0.1, 0.15) is 17.3 Å². The molecule has 160 valence electrons. The number of anilines is 2. The zero-order valence-corrected chi connectivity index (χ0v) is 17.9. The van der Waals surface area contributed by atoms with Gasteiger partial charge in [-0.2, -0.15) is 5.26 Å². The number of rotatable bonds is 6. The van der Waals surface area contributed by atoms with E-state index in [9.17, 15) is 13.0 Å². The molecule has 0 aliphatic carbocycles. The maximum absolute atomic E-state index is 14.4. The van der Waals surface area contributed by atoms with Crippen molar-refractivity contribution < 1.29 is 17.7 Å². The van der Waals surface area contributed by atoms with Gasteiger partial charge in [0.15, 0.2) is 12.0 Å². The Morgan fingerprint density at radius 3 is 2.74 bits per heavy atom. The van der Waals surface area contributed by atoms with E-state index in [0.717, 1.165) is 12.3 Å². The third-order valence-electron chi connectivity index (χ3n) is 3.95. The minimum atomic E-state index is -2.75. The van der Waals surface area contributed by atoms with Gasteiger partial charge in [-0.3, -0.25) is 0 Å². The van der Waals surface area contributed by atoms with Gasteiger partial charge >= 0.3 is 0 Å². The van der Waals surface area contributed by atoms with Crippen molar-refractivity contribution in [3.63, 3.8) is 0 Å². The first-order chi connectivity index (χ1) is 14.7. The Labute approximate surface area is 182 Å². The summed E-state index contributed by atoms with van der Waals surface area (Å²) in [7, 11) is -1.41. The van der Waals surface area contributed by atoms with Gasteiger partial charge in [0, 0.05) is 34.0 Å². The Morgan fingerprint density at radius 2 is 2.03 bits per heavy atom. The Balaban J connectivity index is 1.99. The van der Waals surface area contributed by atoms with E-state index in [1.54, 1.807) is 24.4 Å². The molecule has 2 N–H and O–H groups in total. The number of nitrogens with one attached hydrogen (secondary N) is 2. The summed E-state index contributed by atoms with van der Waals surface area (Å²) in [5.41, 5.74) is 1.08. The van der Waals surface area contributed by atoms with E-state index in [-0.39, 0.29) is 23.0 Å². The van der Waals surface area contributed by atoms with E-state index < -0.39 is 21.3 Å². The molecule has 7 nitrogen and oxygen atoms in total. The molecule has 0 spiro atoms. The molecule has 31 heavy (non-hydrogen) atoms. The van der Waals surface area contributed by atoms with Crippen LogP contribution in [0.3, 0.4) is 0 Å². The fourth-order valence-corrected chi connectivity index (χ4v) is 3.88. The molecule has 0 amide bonds. The average molecular weight is 464 g/mol. The molecule has 0 saturated carbocycles. The SMILES string of the molecule is COc1cc(F)ccc1-c1nc(Nc2cc(Cl)cc(C=S(C)(=O)NC#N)c2)ncc1F. The lowest BCUT2D eigenvalue weighted by Crippen LogP contribution is -2.18. The van der Waals surface area contributed by atoms with Crippen molar-refractivity contribution in [2.75, 3.05) is 18.7 Å². The molecule has 1 aromatic heterocycles. The molecule has 0 saturated heterocycles. The first kappa shape index (κ1) is 22.3. The average Bonchev–Trinajstić information content (AvgIpc) is 2.68. The summed E-state index contributed by atoms with van der Waals surface area (Å²) in [6.07, 6.45) is 3.99. The third-order valence-corrected chi connectivity index (χ3v) is 5.39. The van der Waals surface area contributed by atoms with Crippen LogP contribution in [0.15, 0.2) is 42.6 Å². The fourth-order valence-electron chi connectivity index (χ4n) is 2.74. The van der Waals surface area contributed by atoms with Crippen LogP contribution >= 0.6 is 11.6 Å². The molecule has 1 unspecified atom stereocenters. The summed E-state index contributed by atoms with van der Waals surface area (Å²) < 4.78 is 47.5. The fraction of sp³-hybridized carbons (Fsp3) is 0.100. The maximum Gasteiger partial charge on any atom is 0.227 e. The van der Waals surface area contributed by atoms with Gasteiger partial charge in [-0.15, -0.1) is 0 Å². The van der Waals surface area contributed by atoms with Gasteiger partial charge in [0.05, 0.1) is 23.0 Å². The predicted octanol–water partition coefficient (Wildman–Crippen LogP) is 3.88. The van der Waals surface area contributed by atoms with Crippen LogP contribution in [0.4, 0.5) is 20.4 Å². The molecular formula is C20H16ClF2N5O2S. The standard InChI is InChI=1S/C20H16ClF2N5O2S/c1-30-18-8-14(22)3-4-16(18)19-17(23)9-25-20(28-19)27-15-6-12(5-13(21)7-15)10-31(2,29)26-11-24/h3-10H,1-2H3,(H,26,29)(H,25,27,28). The van der Waals surface area contributed by atoms with Crippen molar-refractivity contribution in [3.8, 4) is 23.2 Å². The second-order valence-electron chi connectivity index (χ2n) is 6.37. The molecule has 0 radical (unpaired) electrons. The number of ether oxygens (including phenoxy) is 1. The first-order valence-electron chi connectivity index (χ1n) is 8.64. The molecular weight excluding hydrogens is 448 g/mol. The molecule has 1 heterocycles. The van der Waals surface area contributed by atoms with Crippen LogP contribution in [-0.2, 0) is 9.71 Å². The van der Waals surface area contributed by atoms with Crippen LogP contribution in [0.2, 0.25) is 5.02 Å². The summed E-state index contributed by atoms with van der Waals surface area (Å²) in [5.74, 6) is -1.09. The number of nitriles is 1. The van der Waals surface area contributed by atoms with Crippen molar-refractivity contribution in [2.45, 2.75) is 0 Å². The highest BCUT2D eigenvalue weighted by molar-refractivity contribution is 7.99. The van der Waals surface area contributed by atoms with Gasteiger partial charge in [-0.1, -0.05) is 11.6 Å².